The minimum Gasteiger partial charge on any atom is -0.478 e. The Morgan fingerprint density at radius 2 is 2.10 bits per heavy atom. The Morgan fingerprint density at radius 3 is 2.86 bits per heavy atom. The van der Waals surface area contributed by atoms with Crippen LogP contribution >= 0.6 is 0 Å². The van der Waals surface area contributed by atoms with Crippen molar-refractivity contribution in [3.8, 4) is 0 Å². The summed E-state index contributed by atoms with van der Waals surface area (Å²) in [4.78, 5) is 15.4. The summed E-state index contributed by atoms with van der Waals surface area (Å²) >= 11 is 0. The van der Waals surface area contributed by atoms with Gasteiger partial charge in [-0.2, -0.15) is 0 Å². The van der Waals surface area contributed by atoms with Crippen molar-refractivity contribution in [2.24, 2.45) is 0 Å². The van der Waals surface area contributed by atoms with E-state index in [9.17, 15) is 4.79 Å². The number of pyridine rings is 1. The van der Waals surface area contributed by atoms with Gasteiger partial charge < -0.3 is 10.4 Å². The van der Waals surface area contributed by atoms with E-state index >= 15 is 0 Å². The number of carbonyl (C=O) groups is 1. The Labute approximate surface area is 123 Å². The maximum atomic E-state index is 11.0. The summed E-state index contributed by atoms with van der Waals surface area (Å²) in [6.45, 7) is 1.73. The number of hydrogen-bond acceptors (Lipinski definition) is 3. The number of carboxylic acids is 1. The second-order valence-corrected chi connectivity index (χ2v) is 5.42. The molecule has 1 atom stereocenters. The fourth-order valence-corrected chi connectivity index (χ4v) is 2.95. The lowest BCUT2D eigenvalue weighted by atomic mass is 9.88. The highest BCUT2D eigenvalue weighted by atomic mass is 16.4. The predicted octanol–water partition coefficient (Wildman–Crippen LogP) is 3.58. The van der Waals surface area contributed by atoms with Gasteiger partial charge in [-0.25, -0.2) is 9.78 Å². The average Bonchev–Trinajstić information content (AvgIpc) is 2.47. The lowest BCUT2D eigenvalue weighted by Gasteiger charge is -2.27. The molecule has 0 saturated carbocycles. The topological polar surface area (TPSA) is 62.2 Å². The number of rotatable bonds is 3. The van der Waals surface area contributed by atoms with Crippen LogP contribution in [0.25, 0.3) is 0 Å². The number of aryl methyl sites for hydroxylation is 2. The molecule has 0 spiro atoms. The number of hydrogen-bond donors (Lipinski definition) is 2. The summed E-state index contributed by atoms with van der Waals surface area (Å²) in [6.07, 6.45) is 3.35. The van der Waals surface area contributed by atoms with Gasteiger partial charge in [0.05, 0.1) is 17.3 Å². The zero-order valence-electron chi connectivity index (χ0n) is 12.0. The van der Waals surface area contributed by atoms with Crippen LogP contribution in [0, 0.1) is 6.92 Å². The summed E-state index contributed by atoms with van der Waals surface area (Å²) in [5, 5.41) is 12.5. The Hall–Kier alpha value is -2.36. The minimum absolute atomic E-state index is 0.248. The first-order valence-electron chi connectivity index (χ1n) is 7.20. The largest absolute Gasteiger partial charge is 0.478 e. The van der Waals surface area contributed by atoms with Gasteiger partial charge in [-0.15, -0.1) is 0 Å². The number of aromatic nitrogens is 1. The average molecular weight is 282 g/mol. The molecule has 1 heterocycles. The second kappa shape index (κ2) is 5.56. The van der Waals surface area contributed by atoms with Crippen LogP contribution < -0.4 is 5.32 Å². The third-order valence-electron chi connectivity index (χ3n) is 4.01. The first kappa shape index (κ1) is 13.6. The van der Waals surface area contributed by atoms with Crippen LogP contribution in [-0.2, 0) is 6.42 Å². The Bertz CT molecular complexity index is 682. The monoisotopic (exact) mass is 282 g/mol. The van der Waals surface area contributed by atoms with Gasteiger partial charge in [0, 0.05) is 0 Å². The van der Waals surface area contributed by atoms with Crippen molar-refractivity contribution >= 4 is 11.8 Å². The van der Waals surface area contributed by atoms with Gasteiger partial charge in [0.2, 0.25) is 0 Å². The molecule has 1 aliphatic rings. The Balaban J connectivity index is 1.85. The van der Waals surface area contributed by atoms with E-state index in [1.54, 1.807) is 19.1 Å². The van der Waals surface area contributed by atoms with Crippen molar-refractivity contribution in [3.05, 3.63) is 58.8 Å². The quantitative estimate of drug-likeness (QED) is 0.903. The van der Waals surface area contributed by atoms with Crippen LogP contribution in [0.5, 0.6) is 0 Å². The summed E-state index contributed by atoms with van der Waals surface area (Å²) in [6, 6.07) is 12.1. The van der Waals surface area contributed by atoms with Crippen LogP contribution in [0.3, 0.4) is 0 Å². The van der Waals surface area contributed by atoms with E-state index in [1.165, 1.54) is 11.1 Å². The zero-order chi connectivity index (χ0) is 14.8. The van der Waals surface area contributed by atoms with E-state index in [0.717, 1.165) is 25.1 Å². The summed E-state index contributed by atoms with van der Waals surface area (Å²) in [5.41, 5.74) is 3.51. The molecule has 0 radical (unpaired) electrons. The molecule has 1 aliphatic carbocycles. The summed E-state index contributed by atoms with van der Waals surface area (Å²) in [5.74, 6) is -0.200. The lowest BCUT2D eigenvalue weighted by Crippen LogP contribution is -2.18. The van der Waals surface area contributed by atoms with Gasteiger partial charge in [-0.05, 0) is 49.4 Å². The number of nitrogens with zero attached hydrogens (tertiary/aromatic N) is 1. The molecule has 0 saturated heterocycles. The van der Waals surface area contributed by atoms with E-state index in [-0.39, 0.29) is 11.6 Å². The van der Waals surface area contributed by atoms with Crippen LogP contribution in [-0.4, -0.2) is 16.1 Å². The van der Waals surface area contributed by atoms with E-state index in [4.69, 9.17) is 5.11 Å². The molecule has 1 unspecified atom stereocenters. The number of carboxylic acid groups (broad SMARTS) is 1. The number of fused-ring (bicyclic) bond motifs is 1. The molecule has 0 fully saturated rings. The first-order valence-corrected chi connectivity index (χ1v) is 7.20. The smallest absolute Gasteiger partial charge is 0.337 e. The zero-order valence-corrected chi connectivity index (χ0v) is 12.0. The van der Waals surface area contributed by atoms with Crippen LogP contribution in [0.4, 0.5) is 5.82 Å². The fourth-order valence-electron chi connectivity index (χ4n) is 2.95. The Kier molecular flexibility index (Phi) is 3.60. The molecule has 108 valence electrons. The number of anilines is 1. The molecular weight excluding hydrogens is 264 g/mol. The van der Waals surface area contributed by atoms with Gasteiger partial charge in [-0.3, -0.25) is 0 Å². The Morgan fingerprint density at radius 1 is 1.29 bits per heavy atom. The highest BCUT2D eigenvalue weighted by Crippen LogP contribution is 2.32. The summed E-state index contributed by atoms with van der Waals surface area (Å²) in [7, 11) is 0. The molecule has 21 heavy (non-hydrogen) atoms. The molecule has 1 aromatic heterocycles. The fraction of sp³-hybridized carbons (Fsp3) is 0.294. The SMILES string of the molecule is Cc1nc(NC2CCCc3ccccc32)ccc1C(=O)O. The highest BCUT2D eigenvalue weighted by molar-refractivity contribution is 5.89. The van der Waals surface area contributed by atoms with Crippen LogP contribution in [0.1, 0.15) is 46.1 Å². The second-order valence-electron chi connectivity index (χ2n) is 5.42. The molecule has 2 N–H and O–H groups in total. The molecule has 2 aromatic rings. The van der Waals surface area contributed by atoms with Crippen molar-refractivity contribution in [1.82, 2.24) is 4.98 Å². The third kappa shape index (κ3) is 2.75. The standard InChI is InChI=1S/C17H18N2O2/c1-11-13(17(20)21)9-10-16(18-11)19-15-8-4-6-12-5-2-3-7-14(12)15/h2-3,5,7,9-10,15H,4,6,8H2,1H3,(H,18,19)(H,20,21). The van der Waals surface area contributed by atoms with E-state index in [1.807, 2.05) is 0 Å². The number of nitrogens with one attached hydrogen (secondary N) is 1. The van der Waals surface area contributed by atoms with Crippen molar-refractivity contribution in [1.29, 1.82) is 0 Å². The predicted molar refractivity (Wildman–Crippen MR) is 81.7 cm³/mol. The maximum absolute atomic E-state index is 11.0. The molecule has 1 aromatic carbocycles. The lowest BCUT2D eigenvalue weighted by molar-refractivity contribution is 0.0695. The highest BCUT2D eigenvalue weighted by Gasteiger charge is 2.20. The van der Waals surface area contributed by atoms with Crippen LogP contribution in [0.15, 0.2) is 36.4 Å². The van der Waals surface area contributed by atoms with Crippen LogP contribution in [0.2, 0.25) is 0 Å². The number of benzene rings is 1. The van der Waals surface area contributed by atoms with Gasteiger partial charge in [0.25, 0.3) is 0 Å². The van der Waals surface area contributed by atoms with Gasteiger partial charge in [-0.1, -0.05) is 24.3 Å². The van der Waals surface area contributed by atoms with Gasteiger partial charge in [0.15, 0.2) is 0 Å². The van der Waals surface area contributed by atoms with E-state index in [0.29, 0.717) is 5.69 Å². The van der Waals surface area contributed by atoms with Crippen molar-refractivity contribution < 1.29 is 9.90 Å². The van der Waals surface area contributed by atoms with Crippen molar-refractivity contribution in [3.63, 3.8) is 0 Å². The van der Waals surface area contributed by atoms with Crippen molar-refractivity contribution in [2.75, 3.05) is 5.32 Å². The van der Waals surface area contributed by atoms with E-state index < -0.39 is 5.97 Å². The molecule has 4 nitrogen and oxygen atoms in total. The first-order chi connectivity index (χ1) is 10.1. The maximum Gasteiger partial charge on any atom is 0.337 e. The molecule has 0 bridgehead atoms. The number of aromatic carboxylic acids is 1. The van der Waals surface area contributed by atoms with Crippen molar-refractivity contribution in [2.45, 2.75) is 32.2 Å². The molecule has 3 rings (SSSR count). The molecule has 0 amide bonds. The normalized spacial score (nSPS) is 17.1. The summed E-state index contributed by atoms with van der Waals surface area (Å²) < 4.78 is 0. The van der Waals surface area contributed by atoms with E-state index in [2.05, 4.69) is 34.6 Å². The molecular formula is C17H18N2O2. The van der Waals surface area contributed by atoms with Gasteiger partial charge >= 0.3 is 5.97 Å². The molecule has 4 heteroatoms. The molecule has 0 aliphatic heterocycles. The minimum atomic E-state index is -0.936. The third-order valence-corrected chi connectivity index (χ3v) is 4.01. The van der Waals surface area contributed by atoms with Gasteiger partial charge in [0.1, 0.15) is 5.82 Å².